The summed E-state index contributed by atoms with van der Waals surface area (Å²) in [7, 11) is 1.51. The molecule has 9 heteroatoms. The van der Waals surface area contributed by atoms with Crippen LogP contribution in [0, 0.1) is 12.8 Å². The highest BCUT2D eigenvalue weighted by Gasteiger charge is 2.38. The van der Waals surface area contributed by atoms with Crippen LogP contribution in [0.1, 0.15) is 39.7 Å². The van der Waals surface area contributed by atoms with E-state index in [-0.39, 0.29) is 18.9 Å². The molecule has 0 aromatic heterocycles. The molecule has 2 rings (SSSR count). The van der Waals surface area contributed by atoms with E-state index in [9.17, 15) is 19.2 Å². The number of urea groups is 1. The monoisotopic (exact) mass is 419 g/mol. The molecule has 0 bridgehead atoms. The number of anilines is 1. The number of carbonyl (C=O) groups excluding carboxylic acids is 4. The Morgan fingerprint density at radius 2 is 1.90 bits per heavy atom. The van der Waals surface area contributed by atoms with Crippen molar-refractivity contribution in [1.82, 2.24) is 10.6 Å². The molecule has 1 fully saturated rings. The minimum atomic E-state index is -1.18. The Hall–Kier alpha value is -3.10. The number of hydrogen-bond acceptors (Lipinski definition) is 6. The SMILES string of the molecule is COc1ccc(C)cc1N1C[C@H](C(=O)O[C@@H](C)C(=O)NC(=O)NC(C)(C)C)CC1=O. The second-order valence-corrected chi connectivity index (χ2v) is 8.35. The Kier molecular flexibility index (Phi) is 7.07. The average Bonchev–Trinajstić information content (AvgIpc) is 3.01. The van der Waals surface area contributed by atoms with Gasteiger partial charge in [0.25, 0.3) is 5.91 Å². The number of benzene rings is 1. The molecule has 0 unspecified atom stereocenters. The molecule has 9 nitrogen and oxygen atoms in total. The summed E-state index contributed by atoms with van der Waals surface area (Å²) in [6.07, 6.45) is -1.21. The first-order chi connectivity index (χ1) is 13.9. The molecule has 164 valence electrons. The normalized spacial score (nSPS) is 17.3. The van der Waals surface area contributed by atoms with Crippen LogP contribution in [0.2, 0.25) is 0 Å². The molecular weight excluding hydrogens is 390 g/mol. The Morgan fingerprint density at radius 3 is 2.50 bits per heavy atom. The number of carbonyl (C=O) groups is 4. The van der Waals surface area contributed by atoms with E-state index < -0.39 is 35.5 Å². The summed E-state index contributed by atoms with van der Waals surface area (Å²) in [6, 6.07) is 4.77. The molecule has 0 aliphatic carbocycles. The van der Waals surface area contributed by atoms with E-state index in [1.54, 1.807) is 26.8 Å². The second-order valence-electron chi connectivity index (χ2n) is 8.35. The molecule has 1 aromatic rings. The van der Waals surface area contributed by atoms with Gasteiger partial charge in [0.15, 0.2) is 6.10 Å². The van der Waals surface area contributed by atoms with Crippen molar-refractivity contribution >= 4 is 29.5 Å². The minimum absolute atomic E-state index is 0.0330. The van der Waals surface area contributed by atoms with Crippen LogP contribution in [-0.4, -0.2) is 49.1 Å². The fourth-order valence-electron chi connectivity index (χ4n) is 3.02. The van der Waals surface area contributed by atoms with E-state index in [2.05, 4.69) is 10.6 Å². The first kappa shape index (κ1) is 23.2. The Labute approximate surface area is 176 Å². The van der Waals surface area contributed by atoms with Gasteiger partial charge < -0.3 is 19.7 Å². The molecule has 1 aliphatic rings. The topological polar surface area (TPSA) is 114 Å². The lowest BCUT2D eigenvalue weighted by molar-refractivity contribution is -0.158. The molecule has 1 aliphatic heterocycles. The lowest BCUT2D eigenvalue weighted by atomic mass is 10.1. The predicted molar refractivity (Wildman–Crippen MR) is 110 cm³/mol. The molecule has 2 N–H and O–H groups in total. The van der Waals surface area contributed by atoms with Crippen LogP contribution < -0.4 is 20.3 Å². The third kappa shape index (κ3) is 5.95. The highest BCUT2D eigenvalue weighted by Crippen LogP contribution is 2.34. The molecule has 0 saturated carbocycles. The summed E-state index contributed by atoms with van der Waals surface area (Å²) in [5.41, 5.74) is 1.01. The first-order valence-corrected chi connectivity index (χ1v) is 9.69. The van der Waals surface area contributed by atoms with Crippen molar-refractivity contribution in [3.05, 3.63) is 23.8 Å². The van der Waals surface area contributed by atoms with Crippen molar-refractivity contribution < 1.29 is 28.7 Å². The molecule has 1 heterocycles. The van der Waals surface area contributed by atoms with Crippen molar-refractivity contribution in [1.29, 1.82) is 0 Å². The van der Waals surface area contributed by atoms with Crippen LogP contribution in [0.5, 0.6) is 5.75 Å². The van der Waals surface area contributed by atoms with Crippen molar-refractivity contribution in [3.63, 3.8) is 0 Å². The highest BCUT2D eigenvalue weighted by atomic mass is 16.5. The number of hydrogen-bond donors (Lipinski definition) is 2. The lowest BCUT2D eigenvalue weighted by Crippen LogP contribution is -2.50. The largest absolute Gasteiger partial charge is 0.495 e. The van der Waals surface area contributed by atoms with Gasteiger partial charge in [-0.15, -0.1) is 0 Å². The molecule has 0 radical (unpaired) electrons. The van der Waals surface area contributed by atoms with Crippen molar-refractivity contribution in [3.8, 4) is 5.75 Å². The quantitative estimate of drug-likeness (QED) is 0.705. The van der Waals surface area contributed by atoms with E-state index in [0.717, 1.165) is 5.56 Å². The predicted octanol–water partition coefficient (Wildman–Crippen LogP) is 1.91. The third-order valence-electron chi connectivity index (χ3n) is 4.47. The van der Waals surface area contributed by atoms with E-state index >= 15 is 0 Å². The number of aryl methyl sites for hydroxylation is 1. The first-order valence-electron chi connectivity index (χ1n) is 9.69. The second kappa shape index (κ2) is 9.15. The van der Waals surface area contributed by atoms with Gasteiger partial charge in [0.2, 0.25) is 5.91 Å². The summed E-state index contributed by atoms with van der Waals surface area (Å²) in [4.78, 5) is 50.4. The summed E-state index contributed by atoms with van der Waals surface area (Å²) in [6.45, 7) is 8.70. The van der Waals surface area contributed by atoms with Crippen molar-refractivity contribution in [2.45, 2.75) is 52.7 Å². The van der Waals surface area contributed by atoms with Gasteiger partial charge in [-0.05, 0) is 52.3 Å². The van der Waals surface area contributed by atoms with Crippen LogP contribution in [0.4, 0.5) is 10.5 Å². The van der Waals surface area contributed by atoms with Gasteiger partial charge in [-0.25, -0.2) is 4.79 Å². The number of imide groups is 1. The number of nitrogens with zero attached hydrogens (tertiary/aromatic N) is 1. The van der Waals surface area contributed by atoms with Gasteiger partial charge in [0.1, 0.15) is 5.75 Å². The van der Waals surface area contributed by atoms with Gasteiger partial charge in [-0.3, -0.25) is 19.7 Å². The van der Waals surface area contributed by atoms with E-state index in [4.69, 9.17) is 9.47 Å². The minimum Gasteiger partial charge on any atom is -0.495 e. The Bertz CT molecular complexity index is 846. The van der Waals surface area contributed by atoms with Gasteiger partial charge in [-0.1, -0.05) is 6.07 Å². The smallest absolute Gasteiger partial charge is 0.321 e. The third-order valence-corrected chi connectivity index (χ3v) is 4.47. The molecule has 1 aromatic carbocycles. The maximum Gasteiger partial charge on any atom is 0.321 e. The number of amides is 4. The zero-order chi connectivity index (χ0) is 22.6. The summed E-state index contributed by atoms with van der Waals surface area (Å²) < 4.78 is 10.5. The molecule has 30 heavy (non-hydrogen) atoms. The highest BCUT2D eigenvalue weighted by molar-refractivity contribution is 6.01. The van der Waals surface area contributed by atoms with Gasteiger partial charge in [0, 0.05) is 18.5 Å². The fraction of sp³-hybridized carbons (Fsp3) is 0.524. The number of methoxy groups -OCH3 is 1. The summed E-state index contributed by atoms with van der Waals surface area (Å²) >= 11 is 0. The number of rotatable bonds is 5. The van der Waals surface area contributed by atoms with E-state index in [1.165, 1.54) is 18.9 Å². The average molecular weight is 419 g/mol. The van der Waals surface area contributed by atoms with Gasteiger partial charge in [0.05, 0.1) is 18.7 Å². The standard InChI is InChI=1S/C21H29N3O6/c1-12-7-8-16(29-6)15(9-12)24-11-14(10-17(24)25)19(27)30-13(2)18(26)22-20(28)23-21(3,4)5/h7-9,13-14H,10-11H2,1-6H3,(H2,22,23,26,28)/t13-,14+/m0/s1. The Morgan fingerprint density at radius 1 is 1.23 bits per heavy atom. The van der Waals surface area contributed by atoms with Crippen LogP contribution >= 0.6 is 0 Å². The Balaban J connectivity index is 1.98. The molecule has 2 atom stereocenters. The molecule has 1 saturated heterocycles. The van der Waals surface area contributed by atoms with E-state index in [1.807, 2.05) is 19.1 Å². The molecule has 0 spiro atoms. The van der Waals surface area contributed by atoms with Crippen LogP contribution in [-0.2, 0) is 19.1 Å². The molecule has 4 amide bonds. The van der Waals surface area contributed by atoms with Crippen LogP contribution in [0.3, 0.4) is 0 Å². The number of esters is 1. The van der Waals surface area contributed by atoms with Gasteiger partial charge in [-0.2, -0.15) is 0 Å². The van der Waals surface area contributed by atoms with Crippen LogP contribution in [0.15, 0.2) is 18.2 Å². The summed E-state index contributed by atoms with van der Waals surface area (Å²) in [5, 5.41) is 4.72. The zero-order valence-electron chi connectivity index (χ0n) is 18.2. The molecular formula is C21H29N3O6. The zero-order valence-corrected chi connectivity index (χ0v) is 18.2. The maximum atomic E-state index is 12.5. The fourth-order valence-corrected chi connectivity index (χ4v) is 3.02. The van der Waals surface area contributed by atoms with E-state index in [0.29, 0.717) is 11.4 Å². The van der Waals surface area contributed by atoms with Crippen molar-refractivity contribution in [2.24, 2.45) is 5.92 Å². The number of ether oxygens (including phenoxy) is 2. The maximum absolute atomic E-state index is 12.5. The lowest BCUT2D eigenvalue weighted by Gasteiger charge is -2.22. The summed E-state index contributed by atoms with van der Waals surface area (Å²) in [5.74, 6) is -1.84. The van der Waals surface area contributed by atoms with Gasteiger partial charge >= 0.3 is 12.0 Å². The number of nitrogens with one attached hydrogen (secondary N) is 2. The van der Waals surface area contributed by atoms with Crippen LogP contribution in [0.25, 0.3) is 0 Å². The van der Waals surface area contributed by atoms with Crippen molar-refractivity contribution in [2.75, 3.05) is 18.6 Å².